The van der Waals surface area contributed by atoms with Crippen LogP contribution >= 0.6 is 22.6 Å². The summed E-state index contributed by atoms with van der Waals surface area (Å²) in [4.78, 5) is 27.3. The number of nitrogens with zero attached hydrogens (tertiary/aromatic N) is 1. The molecule has 23 heavy (non-hydrogen) atoms. The van der Waals surface area contributed by atoms with Gasteiger partial charge in [-0.15, -0.1) is 0 Å². The van der Waals surface area contributed by atoms with Crippen LogP contribution in [0.15, 0.2) is 24.4 Å². The first kappa shape index (κ1) is 17.3. The lowest BCUT2D eigenvalue weighted by molar-refractivity contribution is -0.114. The largest absolute Gasteiger partial charge is 0.465 e. The molecule has 0 saturated carbocycles. The number of aromatic nitrogens is 1. The van der Waals surface area contributed by atoms with E-state index in [1.165, 1.54) is 14.0 Å². The molecule has 1 aromatic carbocycles. The maximum Gasteiger partial charge on any atom is 0.340 e. The van der Waals surface area contributed by atoms with Crippen molar-refractivity contribution >= 4 is 40.2 Å². The van der Waals surface area contributed by atoms with E-state index in [0.29, 0.717) is 22.5 Å². The maximum atomic E-state index is 13.4. The number of aryl methyl sites for hydroxylation is 1. The van der Waals surface area contributed by atoms with E-state index in [9.17, 15) is 14.0 Å². The Hall–Kier alpha value is -2.03. The molecule has 2 aromatic rings. The van der Waals surface area contributed by atoms with E-state index in [4.69, 9.17) is 4.74 Å². The summed E-state index contributed by atoms with van der Waals surface area (Å²) in [5, 5.41) is 2.61. The van der Waals surface area contributed by atoms with Crippen molar-refractivity contribution in [2.45, 2.75) is 13.8 Å². The van der Waals surface area contributed by atoms with Gasteiger partial charge in [0, 0.05) is 16.1 Å². The molecule has 2 rings (SSSR count). The standard InChI is InChI=1S/C16H14FIN2O3/c1-8-4-14(19-7-12(8)17)10-6-15(20-9(2)21)11(5-13(10)18)16(22)23-3/h4-7H,1-3H3,(H,20,21). The normalized spacial score (nSPS) is 10.3. The lowest BCUT2D eigenvalue weighted by Gasteiger charge is -2.13. The number of amides is 1. The SMILES string of the molecule is COC(=O)c1cc(I)c(-c2cc(C)c(F)cn2)cc1NC(C)=O. The van der Waals surface area contributed by atoms with Crippen LogP contribution in [-0.4, -0.2) is 24.0 Å². The highest BCUT2D eigenvalue weighted by Crippen LogP contribution is 2.31. The van der Waals surface area contributed by atoms with E-state index in [-0.39, 0.29) is 11.5 Å². The summed E-state index contributed by atoms with van der Waals surface area (Å²) in [5.74, 6) is -1.26. The first-order valence-electron chi connectivity index (χ1n) is 6.65. The second-order valence-electron chi connectivity index (χ2n) is 4.87. The first-order chi connectivity index (χ1) is 10.8. The molecule has 120 valence electrons. The van der Waals surface area contributed by atoms with Crippen molar-refractivity contribution in [1.82, 2.24) is 4.98 Å². The zero-order valence-corrected chi connectivity index (χ0v) is 14.9. The third-order valence-corrected chi connectivity index (χ3v) is 4.04. The van der Waals surface area contributed by atoms with E-state index in [1.807, 2.05) is 0 Å². The van der Waals surface area contributed by atoms with Gasteiger partial charge in [-0.2, -0.15) is 0 Å². The Balaban J connectivity index is 2.62. The van der Waals surface area contributed by atoms with Crippen LogP contribution in [0.3, 0.4) is 0 Å². The summed E-state index contributed by atoms with van der Waals surface area (Å²) >= 11 is 2.06. The molecule has 0 unspecified atom stereocenters. The maximum absolute atomic E-state index is 13.4. The molecule has 0 saturated heterocycles. The lowest BCUT2D eigenvalue weighted by Crippen LogP contribution is -2.13. The fourth-order valence-corrected chi connectivity index (χ4v) is 2.77. The highest BCUT2D eigenvalue weighted by atomic mass is 127. The predicted octanol–water partition coefficient (Wildman–Crippen LogP) is 3.55. The molecule has 0 radical (unpaired) electrons. The van der Waals surface area contributed by atoms with Gasteiger partial charge in [0.15, 0.2) is 0 Å². The third-order valence-electron chi connectivity index (χ3n) is 3.15. The Morgan fingerprint density at radius 2 is 2.00 bits per heavy atom. The number of ether oxygens (including phenoxy) is 1. The minimum Gasteiger partial charge on any atom is -0.465 e. The van der Waals surface area contributed by atoms with Crippen LogP contribution in [0, 0.1) is 16.3 Å². The molecule has 1 aromatic heterocycles. The minimum absolute atomic E-state index is 0.245. The van der Waals surface area contributed by atoms with Gasteiger partial charge in [0.25, 0.3) is 0 Å². The second-order valence-corrected chi connectivity index (χ2v) is 6.03. The molecule has 0 fully saturated rings. The molecular weight excluding hydrogens is 414 g/mol. The van der Waals surface area contributed by atoms with Gasteiger partial charge in [-0.3, -0.25) is 9.78 Å². The van der Waals surface area contributed by atoms with Crippen LogP contribution in [0.25, 0.3) is 11.3 Å². The Morgan fingerprint density at radius 3 is 2.57 bits per heavy atom. The van der Waals surface area contributed by atoms with Crippen LogP contribution in [0.5, 0.6) is 0 Å². The van der Waals surface area contributed by atoms with Crippen molar-refractivity contribution in [3.63, 3.8) is 0 Å². The number of pyridine rings is 1. The van der Waals surface area contributed by atoms with E-state index >= 15 is 0 Å². The highest BCUT2D eigenvalue weighted by molar-refractivity contribution is 14.1. The van der Waals surface area contributed by atoms with Crippen molar-refractivity contribution in [1.29, 1.82) is 0 Å². The van der Waals surface area contributed by atoms with E-state index in [2.05, 4.69) is 32.9 Å². The average molecular weight is 428 g/mol. The van der Waals surface area contributed by atoms with Crippen molar-refractivity contribution < 1.29 is 18.7 Å². The zero-order valence-electron chi connectivity index (χ0n) is 12.7. The molecule has 0 aliphatic heterocycles. The Kier molecular flexibility index (Phi) is 5.30. The van der Waals surface area contributed by atoms with Gasteiger partial charge < -0.3 is 10.1 Å². The number of rotatable bonds is 3. The van der Waals surface area contributed by atoms with Gasteiger partial charge >= 0.3 is 5.97 Å². The number of halogens is 2. The second kappa shape index (κ2) is 7.03. The summed E-state index contributed by atoms with van der Waals surface area (Å²) in [6, 6.07) is 4.85. The average Bonchev–Trinajstić information content (AvgIpc) is 2.50. The van der Waals surface area contributed by atoms with Crippen molar-refractivity contribution in [2.24, 2.45) is 0 Å². The molecular formula is C16H14FIN2O3. The van der Waals surface area contributed by atoms with Gasteiger partial charge in [0.2, 0.25) is 5.91 Å². The van der Waals surface area contributed by atoms with E-state index in [1.54, 1.807) is 25.1 Å². The van der Waals surface area contributed by atoms with Crippen LogP contribution in [0.1, 0.15) is 22.8 Å². The van der Waals surface area contributed by atoms with Crippen molar-refractivity contribution in [3.8, 4) is 11.3 Å². The van der Waals surface area contributed by atoms with E-state index < -0.39 is 11.8 Å². The molecule has 0 spiro atoms. The van der Waals surface area contributed by atoms with Crippen LogP contribution in [0.4, 0.5) is 10.1 Å². The molecule has 1 N–H and O–H groups in total. The third kappa shape index (κ3) is 3.84. The van der Waals surface area contributed by atoms with Gasteiger partial charge in [-0.05, 0) is 53.3 Å². The van der Waals surface area contributed by atoms with Gasteiger partial charge in [0.1, 0.15) is 5.82 Å². The molecule has 5 nitrogen and oxygen atoms in total. The Morgan fingerprint density at radius 1 is 1.30 bits per heavy atom. The molecule has 0 bridgehead atoms. The molecule has 0 aliphatic carbocycles. The first-order valence-corrected chi connectivity index (χ1v) is 7.73. The number of esters is 1. The molecule has 1 heterocycles. The predicted molar refractivity (Wildman–Crippen MR) is 92.7 cm³/mol. The summed E-state index contributed by atoms with van der Waals surface area (Å²) in [6.07, 6.45) is 1.15. The minimum atomic E-state index is -0.554. The van der Waals surface area contributed by atoms with Crippen LogP contribution in [0.2, 0.25) is 0 Å². The van der Waals surface area contributed by atoms with Gasteiger partial charge in [-0.25, -0.2) is 9.18 Å². The quantitative estimate of drug-likeness (QED) is 0.600. The van der Waals surface area contributed by atoms with Gasteiger partial charge in [-0.1, -0.05) is 0 Å². The highest BCUT2D eigenvalue weighted by Gasteiger charge is 2.18. The summed E-state index contributed by atoms with van der Waals surface area (Å²) in [5.41, 5.74) is 2.27. The van der Waals surface area contributed by atoms with Crippen molar-refractivity contribution in [2.75, 3.05) is 12.4 Å². The Bertz CT molecular complexity index is 793. The number of nitrogens with one attached hydrogen (secondary N) is 1. The lowest BCUT2D eigenvalue weighted by atomic mass is 10.0. The van der Waals surface area contributed by atoms with Crippen LogP contribution < -0.4 is 5.32 Å². The summed E-state index contributed by atoms with van der Waals surface area (Å²) < 4.78 is 18.9. The number of hydrogen-bond donors (Lipinski definition) is 1. The number of methoxy groups -OCH3 is 1. The smallest absolute Gasteiger partial charge is 0.340 e. The number of anilines is 1. The Labute approximate surface area is 146 Å². The number of hydrogen-bond acceptors (Lipinski definition) is 4. The molecule has 1 amide bonds. The summed E-state index contributed by atoms with van der Waals surface area (Å²) in [6.45, 7) is 2.99. The topological polar surface area (TPSA) is 68.3 Å². The zero-order chi connectivity index (χ0) is 17.1. The van der Waals surface area contributed by atoms with Crippen LogP contribution in [-0.2, 0) is 9.53 Å². The van der Waals surface area contributed by atoms with E-state index in [0.717, 1.165) is 9.77 Å². The molecule has 7 heteroatoms. The number of benzene rings is 1. The van der Waals surface area contributed by atoms with Crippen molar-refractivity contribution in [3.05, 3.63) is 44.9 Å². The number of carbonyl (C=O) groups excluding carboxylic acids is 2. The molecule has 0 aliphatic rings. The summed E-state index contributed by atoms with van der Waals surface area (Å²) in [7, 11) is 1.27. The molecule has 0 atom stereocenters. The fraction of sp³-hybridized carbons (Fsp3) is 0.188. The fourth-order valence-electron chi connectivity index (χ4n) is 2.03. The number of carbonyl (C=O) groups is 2. The monoisotopic (exact) mass is 428 g/mol. The van der Waals surface area contributed by atoms with Gasteiger partial charge in [0.05, 0.1) is 30.3 Å².